The van der Waals surface area contributed by atoms with Gasteiger partial charge in [-0.3, -0.25) is 9.48 Å². The minimum atomic E-state index is 0.0269. The molecule has 1 saturated heterocycles. The highest BCUT2D eigenvalue weighted by Crippen LogP contribution is 2.26. The quantitative estimate of drug-likeness (QED) is 0.889. The van der Waals surface area contributed by atoms with Crippen LogP contribution in [0.5, 0.6) is 0 Å². The summed E-state index contributed by atoms with van der Waals surface area (Å²) in [6.07, 6.45) is 2.25. The van der Waals surface area contributed by atoms with Crippen molar-refractivity contribution in [1.29, 1.82) is 0 Å². The first-order valence-corrected chi connectivity index (χ1v) is 7.11. The van der Waals surface area contributed by atoms with E-state index in [0.29, 0.717) is 23.8 Å². The van der Waals surface area contributed by atoms with E-state index in [9.17, 15) is 4.79 Å². The van der Waals surface area contributed by atoms with Crippen LogP contribution in [0.25, 0.3) is 0 Å². The minimum Gasteiger partial charge on any atom is -0.395 e. The lowest BCUT2D eigenvalue weighted by Gasteiger charge is -2.38. The molecule has 19 heavy (non-hydrogen) atoms. The van der Waals surface area contributed by atoms with Gasteiger partial charge in [0, 0.05) is 19.1 Å². The van der Waals surface area contributed by atoms with Gasteiger partial charge in [-0.2, -0.15) is 5.10 Å². The number of rotatable bonds is 2. The van der Waals surface area contributed by atoms with Crippen LogP contribution in [0.4, 0.5) is 5.69 Å². The van der Waals surface area contributed by atoms with Crippen molar-refractivity contribution in [3.8, 4) is 0 Å². The number of amides is 1. The van der Waals surface area contributed by atoms with Gasteiger partial charge in [0.1, 0.15) is 5.69 Å². The van der Waals surface area contributed by atoms with E-state index in [1.165, 1.54) is 6.42 Å². The third-order valence-corrected chi connectivity index (χ3v) is 4.31. The molecule has 2 rings (SSSR count). The van der Waals surface area contributed by atoms with Crippen LogP contribution in [0.3, 0.4) is 0 Å². The van der Waals surface area contributed by atoms with E-state index in [1.54, 1.807) is 4.68 Å². The summed E-state index contributed by atoms with van der Waals surface area (Å²) < 4.78 is 1.72. The highest BCUT2D eigenvalue weighted by Gasteiger charge is 2.32. The Morgan fingerprint density at radius 3 is 2.79 bits per heavy atom. The maximum absolute atomic E-state index is 12.8. The average Bonchev–Trinajstić information content (AvgIpc) is 2.68. The molecule has 1 aliphatic rings. The molecule has 0 radical (unpaired) electrons. The first-order valence-electron chi connectivity index (χ1n) is 7.11. The maximum atomic E-state index is 12.8. The van der Waals surface area contributed by atoms with Crippen LogP contribution in [0.1, 0.15) is 49.8 Å². The number of hydrogen-bond acceptors (Lipinski definition) is 3. The van der Waals surface area contributed by atoms with E-state index in [1.807, 2.05) is 18.7 Å². The van der Waals surface area contributed by atoms with Crippen LogP contribution in [-0.2, 0) is 6.54 Å². The van der Waals surface area contributed by atoms with Gasteiger partial charge in [-0.1, -0.05) is 6.92 Å². The molecule has 2 atom stereocenters. The average molecular weight is 264 g/mol. The number of piperidine rings is 1. The molecule has 1 aromatic heterocycles. The Bertz CT molecular complexity index is 480. The van der Waals surface area contributed by atoms with Crippen molar-refractivity contribution >= 4 is 11.6 Å². The molecule has 106 valence electrons. The number of aromatic nitrogens is 2. The third kappa shape index (κ3) is 2.33. The maximum Gasteiger partial charge on any atom is 0.274 e. The van der Waals surface area contributed by atoms with Crippen LogP contribution in [-0.4, -0.2) is 33.2 Å². The summed E-state index contributed by atoms with van der Waals surface area (Å²) in [6, 6.07) is 0.265. The van der Waals surface area contributed by atoms with Crippen molar-refractivity contribution in [2.75, 3.05) is 12.3 Å². The highest BCUT2D eigenvalue weighted by molar-refractivity contribution is 5.98. The molecule has 0 spiro atoms. The SMILES string of the molecule is CCn1nc(C)c(N)c1C(=O)N1CCCC(C)C1C. The molecular weight excluding hydrogens is 240 g/mol. The van der Waals surface area contributed by atoms with Gasteiger partial charge < -0.3 is 10.6 Å². The number of nitrogens with two attached hydrogens (primary N) is 1. The lowest BCUT2D eigenvalue weighted by Crippen LogP contribution is -2.46. The molecule has 0 aromatic carbocycles. The predicted molar refractivity (Wildman–Crippen MR) is 75.9 cm³/mol. The highest BCUT2D eigenvalue weighted by atomic mass is 16.2. The fraction of sp³-hybridized carbons (Fsp3) is 0.714. The summed E-state index contributed by atoms with van der Waals surface area (Å²) in [7, 11) is 0. The second-order valence-electron chi connectivity index (χ2n) is 5.52. The molecule has 0 bridgehead atoms. The summed E-state index contributed by atoms with van der Waals surface area (Å²) in [5.74, 6) is 0.567. The summed E-state index contributed by atoms with van der Waals surface area (Å²) in [4.78, 5) is 14.7. The molecule has 1 amide bonds. The zero-order valence-electron chi connectivity index (χ0n) is 12.3. The molecule has 0 aliphatic carbocycles. The Morgan fingerprint density at radius 2 is 2.16 bits per heavy atom. The zero-order valence-corrected chi connectivity index (χ0v) is 12.3. The van der Waals surface area contributed by atoms with Crippen molar-refractivity contribution < 1.29 is 4.79 Å². The monoisotopic (exact) mass is 264 g/mol. The Kier molecular flexibility index (Phi) is 3.83. The molecule has 0 saturated carbocycles. The standard InChI is InChI=1S/C14H24N4O/c1-5-18-13(12(15)10(3)16-18)14(19)17-8-6-7-9(2)11(17)4/h9,11H,5-8,15H2,1-4H3. The number of likely N-dealkylation sites (tertiary alicyclic amines) is 1. The third-order valence-electron chi connectivity index (χ3n) is 4.31. The summed E-state index contributed by atoms with van der Waals surface area (Å²) in [6.45, 7) is 9.63. The van der Waals surface area contributed by atoms with Crippen LogP contribution in [0, 0.1) is 12.8 Å². The van der Waals surface area contributed by atoms with Gasteiger partial charge in [0.25, 0.3) is 5.91 Å². The van der Waals surface area contributed by atoms with E-state index in [2.05, 4.69) is 18.9 Å². The van der Waals surface area contributed by atoms with Gasteiger partial charge in [-0.25, -0.2) is 0 Å². The topological polar surface area (TPSA) is 64.2 Å². The molecular formula is C14H24N4O. The first-order chi connectivity index (χ1) is 8.97. The number of carbonyl (C=O) groups is 1. The smallest absolute Gasteiger partial charge is 0.274 e. The van der Waals surface area contributed by atoms with Crippen LogP contribution in [0.2, 0.25) is 0 Å². The predicted octanol–water partition coefficient (Wildman–Crippen LogP) is 2.05. The van der Waals surface area contributed by atoms with E-state index < -0.39 is 0 Å². The van der Waals surface area contributed by atoms with Crippen LogP contribution < -0.4 is 5.73 Å². The molecule has 1 aromatic rings. The van der Waals surface area contributed by atoms with Crippen LogP contribution >= 0.6 is 0 Å². The molecule has 2 N–H and O–H groups in total. The van der Waals surface area contributed by atoms with Crippen molar-refractivity contribution in [1.82, 2.24) is 14.7 Å². The number of nitrogen functional groups attached to an aromatic ring is 1. The summed E-state index contributed by atoms with van der Waals surface area (Å²) in [5, 5.41) is 4.33. The van der Waals surface area contributed by atoms with Gasteiger partial charge >= 0.3 is 0 Å². The lowest BCUT2D eigenvalue weighted by atomic mass is 9.92. The largest absolute Gasteiger partial charge is 0.395 e. The van der Waals surface area contributed by atoms with Gasteiger partial charge in [0.05, 0.1) is 11.4 Å². The Balaban J connectivity index is 2.33. The van der Waals surface area contributed by atoms with Gasteiger partial charge in [0.15, 0.2) is 0 Å². The molecule has 5 nitrogen and oxygen atoms in total. The van der Waals surface area contributed by atoms with Gasteiger partial charge in [-0.05, 0) is 39.5 Å². The van der Waals surface area contributed by atoms with E-state index in [-0.39, 0.29) is 11.9 Å². The Morgan fingerprint density at radius 1 is 1.47 bits per heavy atom. The van der Waals surface area contributed by atoms with Crippen LogP contribution in [0.15, 0.2) is 0 Å². The molecule has 2 unspecified atom stereocenters. The Hall–Kier alpha value is -1.52. The molecule has 1 aliphatic heterocycles. The number of aryl methyl sites for hydroxylation is 2. The molecule has 1 fully saturated rings. The lowest BCUT2D eigenvalue weighted by molar-refractivity contribution is 0.0539. The molecule has 2 heterocycles. The van der Waals surface area contributed by atoms with E-state index in [4.69, 9.17) is 5.73 Å². The molecule has 5 heteroatoms. The second kappa shape index (κ2) is 5.23. The summed E-state index contributed by atoms with van der Waals surface area (Å²) >= 11 is 0. The number of anilines is 1. The minimum absolute atomic E-state index is 0.0269. The Labute approximate surface area is 114 Å². The fourth-order valence-electron chi connectivity index (χ4n) is 2.81. The van der Waals surface area contributed by atoms with Crippen molar-refractivity contribution in [2.24, 2.45) is 5.92 Å². The van der Waals surface area contributed by atoms with Crippen molar-refractivity contribution in [3.05, 3.63) is 11.4 Å². The van der Waals surface area contributed by atoms with Crippen molar-refractivity contribution in [3.63, 3.8) is 0 Å². The van der Waals surface area contributed by atoms with Gasteiger partial charge in [-0.15, -0.1) is 0 Å². The second-order valence-corrected chi connectivity index (χ2v) is 5.52. The van der Waals surface area contributed by atoms with E-state index >= 15 is 0 Å². The number of hydrogen-bond donors (Lipinski definition) is 1. The first kappa shape index (κ1) is 13.9. The normalized spacial score (nSPS) is 23.7. The zero-order chi connectivity index (χ0) is 14.2. The van der Waals surface area contributed by atoms with Gasteiger partial charge in [0.2, 0.25) is 0 Å². The van der Waals surface area contributed by atoms with E-state index in [0.717, 1.165) is 18.7 Å². The number of nitrogens with zero attached hydrogens (tertiary/aromatic N) is 3. The van der Waals surface area contributed by atoms with Crippen molar-refractivity contribution in [2.45, 2.75) is 53.1 Å². The fourth-order valence-corrected chi connectivity index (χ4v) is 2.81. The number of carbonyl (C=O) groups excluding carboxylic acids is 1. The summed E-state index contributed by atoms with van der Waals surface area (Å²) in [5.41, 5.74) is 7.86.